The topological polar surface area (TPSA) is 43.8 Å². The zero-order chi connectivity index (χ0) is 10.7. The third-order valence-electron chi connectivity index (χ3n) is 2.16. The summed E-state index contributed by atoms with van der Waals surface area (Å²) in [6, 6.07) is 8.03. The standard InChI is InChI=1S/C11H12BrN3/c12-10-1-3-11(4-2-10)15-8-9(5-6-13)7-14-15/h1-4,7-8H,5-6,13H2. The highest BCUT2D eigenvalue weighted by atomic mass is 79.9. The molecule has 2 N–H and O–H groups in total. The van der Waals surface area contributed by atoms with Crippen molar-refractivity contribution in [3.05, 3.63) is 46.7 Å². The average molecular weight is 266 g/mol. The van der Waals surface area contributed by atoms with Gasteiger partial charge in [-0.2, -0.15) is 5.10 Å². The summed E-state index contributed by atoms with van der Waals surface area (Å²) < 4.78 is 2.93. The maximum atomic E-state index is 5.49. The predicted octanol–water partition coefficient (Wildman–Crippen LogP) is 2.14. The molecule has 0 atom stereocenters. The molecule has 3 nitrogen and oxygen atoms in total. The molecule has 0 aliphatic heterocycles. The summed E-state index contributed by atoms with van der Waals surface area (Å²) in [5.41, 5.74) is 7.71. The lowest BCUT2D eigenvalue weighted by molar-refractivity contribution is 0.878. The Morgan fingerprint density at radius 2 is 2.00 bits per heavy atom. The first kappa shape index (κ1) is 10.4. The number of nitrogens with zero attached hydrogens (tertiary/aromatic N) is 2. The molecule has 0 unspecified atom stereocenters. The summed E-state index contributed by atoms with van der Waals surface area (Å²) in [5.74, 6) is 0. The van der Waals surface area contributed by atoms with Crippen LogP contribution in [-0.2, 0) is 6.42 Å². The van der Waals surface area contributed by atoms with Gasteiger partial charge in [0.1, 0.15) is 0 Å². The minimum absolute atomic E-state index is 0.659. The van der Waals surface area contributed by atoms with Crippen LogP contribution in [-0.4, -0.2) is 16.3 Å². The van der Waals surface area contributed by atoms with Crippen LogP contribution in [0.2, 0.25) is 0 Å². The first-order chi connectivity index (χ1) is 7.29. The van der Waals surface area contributed by atoms with E-state index in [1.165, 1.54) is 5.56 Å². The fourth-order valence-electron chi connectivity index (χ4n) is 1.39. The Kier molecular flexibility index (Phi) is 3.18. The largest absolute Gasteiger partial charge is 0.330 e. The maximum absolute atomic E-state index is 5.49. The second-order valence-corrected chi connectivity index (χ2v) is 4.22. The Balaban J connectivity index is 2.25. The van der Waals surface area contributed by atoms with Crippen LogP contribution in [0.4, 0.5) is 0 Å². The van der Waals surface area contributed by atoms with Crippen LogP contribution in [0, 0.1) is 0 Å². The van der Waals surface area contributed by atoms with E-state index in [0.29, 0.717) is 6.54 Å². The fraction of sp³-hybridized carbons (Fsp3) is 0.182. The van der Waals surface area contributed by atoms with Crippen LogP contribution in [0.15, 0.2) is 41.1 Å². The van der Waals surface area contributed by atoms with Gasteiger partial charge in [-0.3, -0.25) is 0 Å². The first-order valence-electron chi connectivity index (χ1n) is 4.79. The van der Waals surface area contributed by atoms with Gasteiger partial charge in [-0.25, -0.2) is 4.68 Å². The fourth-order valence-corrected chi connectivity index (χ4v) is 1.66. The van der Waals surface area contributed by atoms with Crippen molar-refractivity contribution in [3.63, 3.8) is 0 Å². The average Bonchev–Trinajstić information content (AvgIpc) is 2.68. The molecule has 0 radical (unpaired) electrons. The Hall–Kier alpha value is -1.13. The van der Waals surface area contributed by atoms with Crippen molar-refractivity contribution in [1.82, 2.24) is 9.78 Å². The molecule has 0 amide bonds. The summed E-state index contributed by atoms with van der Waals surface area (Å²) in [6.45, 7) is 0.659. The van der Waals surface area contributed by atoms with Crippen molar-refractivity contribution in [2.45, 2.75) is 6.42 Å². The van der Waals surface area contributed by atoms with Crippen molar-refractivity contribution < 1.29 is 0 Å². The zero-order valence-corrected chi connectivity index (χ0v) is 9.81. The quantitative estimate of drug-likeness (QED) is 0.924. The molecule has 15 heavy (non-hydrogen) atoms. The van der Waals surface area contributed by atoms with E-state index in [1.807, 2.05) is 41.3 Å². The number of benzene rings is 1. The van der Waals surface area contributed by atoms with Gasteiger partial charge in [0.15, 0.2) is 0 Å². The smallest absolute Gasteiger partial charge is 0.0646 e. The van der Waals surface area contributed by atoms with E-state index in [0.717, 1.165) is 16.6 Å². The molecular formula is C11H12BrN3. The van der Waals surface area contributed by atoms with E-state index in [9.17, 15) is 0 Å². The molecule has 0 spiro atoms. The molecule has 0 saturated heterocycles. The summed E-state index contributed by atoms with van der Waals surface area (Å²) in [5, 5.41) is 4.28. The van der Waals surface area contributed by atoms with Gasteiger partial charge in [0.05, 0.1) is 11.9 Å². The minimum Gasteiger partial charge on any atom is -0.330 e. The molecule has 1 aromatic heterocycles. The number of aromatic nitrogens is 2. The third kappa shape index (κ3) is 2.46. The SMILES string of the molecule is NCCc1cnn(-c2ccc(Br)cc2)c1. The molecule has 1 heterocycles. The van der Waals surface area contributed by atoms with Crippen LogP contribution in [0.1, 0.15) is 5.56 Å². The normalized spacial score (nSPS) is 10.5. The van der Waals surface area contributed by atoms with Crippen molar-refractivity contribution >= 4 is 15.9 Å². The monoisotopic (exact) mass is 265 g/mol. The molecule has 0 bridgehead atoms. The number of hydrogen-bond donors (Lipinski definition) is 1. The highest BCUT2D eigenvalue weighted by Gasteiger charge is 1.99. The Morgan fingerprint density at radius 3 is 2.67 bits per heavy atom. The molecule has 0 fully saturated rings. The van der Waals surface area contributed by atoms with E-state index >= 15 is 0 Å². The van der Waals surface area contributed by atoms with Crippen molar-refractivity contribution in [2.75, 3.05) is 6.54 Å². The van der Waals surface area contributed by atoms with Crippen LogP contribution >= 0.6 is 15.9 Å². The van der Waals surface area contributed by atoms with Gasteiger partial charge in [0.25, 0.3) is 0 Å². The van der Waals surface area contributed by atoms with Crippen LogP contribution in [0.25, 0.3) is 5.69 Å². The second kappa shape index (κ2) is 4.59. The molecule has 2 rings (SSSR count). The Labute approximate surface area is 97.0 Å². The highest BCUT2D eigenvalue weighted by Crippen LogP contribution is 2.13. The predicted molar refractivity (Wildman–Crippen MR) is 64.0 cm³/mol. The Morgan fingerprint density at radius 1 is 1.27 bits per heavy atom. The first-order valence-corrected chi connectivity index (χ1v) is 5.58. The van der Waals surface area contributed by atoms with Gasteiger partial charge in [0, 0.05) is 10.7 Å². The van der Waals surface area contributed by atoms with E-state index in [2.05, 4.69) is 21.0 Å². The van der Waals surface area contributed by atoms with Crippen molar-refractivity contribution in [2.24, 2.45) is 5.73 Å². The van der Waals surface area contributed by atoms with Gasteiger partial charge < -0.3 is 5.73 Å². The Bertz CT molecular complexity index is 433. The summed E-state index contributed by atoms with van der Waals surface area (Å²) in [7, 11) is 0. The summed E-state index contributed by atoms with van der Waals surface area (Å²) in [6.07, 6.45) is 4.74. The molecule has 78 valence electrons. The second-order valence-electron chi connectivity index (χ2n) is 3.31. The molecule has 0 aliphatic rings. The summed E-state index contributed by atoms with van der Waals surface area (Å²) >= 11 is 3.40. The molecule has 4 heteroatoms. The van der Waals surface area contributed by atoms with E-state index in [1.54, 1.807) is 0 Å². The van der Waals surface area contributed by atoms with Gasteiger partial charge in [-0.15, -0.1) is 0 Å². The van der Waals surface area contributed by atoms with E-state index in [-0.39, 0.29) is 0 Å². The maximum Gasteiger partial charge on any atom is 0.0646 e. The van der Waals surface area contributed by atoms with Gasteiger partial charge in [-0.05, 0) is 42.8 Å². The number of rotatable bonds is 3. The van der Waals surface area contributed by atoms with Gasteiger partial charge >= 0.3 is 0 Å². The number of hydrogen-bond acceptors (Lipinski definition) is 2. The van der Waals surface area contributed by atoms with Crippen LogP contribution in [0.3, 0.4) is 0 Å². The van der Waals surface area contributed by atoms with Crippen LogP contribution < -0.4 is 5.73 Å². The molecule has 1 aromatic carbocycles. The lowest BCUT2D eigenvalue weighted by Gasteiger charge is -2.00. The highest BCUT2D eigenvalue weighted by molar-refractivity contribution is 9.10. The van der Waals surface area contributed by atoms with E-state index in [4.69, 9.17) is 5.73 Å². The molecule has 2 aromatic rings. The zero-order valence-electron chi connectivity index (χ0n) is 8.23. The minimum atomic E-state index is 0.659. The summed E-state index contributed by atoms with van der Waals surface area (Å²) in [4.78, 5) is 0. The molecule has 0 saturated carbocycles. The van der Waals surface area contributed by atoms with Crippen LogP contribution in [0.5, 0.6) is 0 Å². The van der Waals surface area contributed by atoms with Crippen molar-refractivity contribution in [3.8, 4) is 5.69 Å². The lowest BCUT2D eigenvalue weighted by Crippen LogP contribution is -2.01. The van der Waals surface area contributed by atoms with Gasteiger partial charge in [0.2, 0.25) is 0 Å². The van der Waals surface area contributed by atoms with E-state index < -0.39 is 0 Å². The molecule has 0 aliphatic carbocycles. The lowest BCUT2D eigenvalue weighted by atomic mass is 10.2. The van der Waals surface area contributed by atoms with Gasteiger partial charge in [-0.1, -0.05) is 15.9 Å². The third-order valence-corrected chi connectivity index (χ3v) is 2.69. The molecular weight excluding hydrogens is 254 g/mol. The number of nitrogens with two attached hydrogens (primary N) is 1. The van der Waals surface area contributed by atoms with Crippen molar-refractivity contribution in [1.29, 1.82) is 0 Å². The number of halogens is 1.